The van der Waals surface area contributed by atoms with E-state index >= 15 is 0 Å². The normalized spacial score (nSPS) is 12.9. The number of allylic oxidation sites excluding steroid dienone is 18. The maximum atomic E-state index is 12.8. The minimum Gasteiger partial charge on any atom is -0.462 e. The van der Waals surface area contributed by atoms with Gasteiger partial charge in [0.15, 0.2) is 6.10 Å². The van der Waals surface area contributed by atoms with Crippen LogP contribution in [0.3, 0.4) is 0 Å². The fraction of sp³-hybridized carbons (Fsp3) is 0.677. The van der Waals surface area contributed by atoms with Crippen molar-refractivity contribution in [1.82, 2.24) is 0 Å². The van der Waals surface area contributed by atoms with Gasteiger partial charge in [-0.2, -0.15) is 0 Å². The molecule has 404 valence electrons. The third-order valence-corrected chi connectivity index (χ3v) is 12.3. The summed E-state index contributed by atoms with van der Waals surface area (Å²) in [4.78, 5) is 37.8. The topological polar surface area (TPSA) is 78.9 Å². The molecule has 1 unspecified atom stereocenters. The summed E-state index contributed by atoms with van der Waals surface area (Å²) in [6.45, 7) is 6.33. The second-order valence-corrected chi connectivity index (χ2v) is 19.1. The molecule has 0 saturated carbocycles. The van der Waals surface area contributed by atoms with E-state index < -0.39 is 6.10 Å². The van der Waals surface area contributed by atoms with E-state index in [-0.39, 0.29) is 31.1 Å². The van der Waals surface area contributed by atoms with Gasteiger partial charge in [0.05, 0.1) is 0 Å². The summed E-state index contributed by atoms with van der Waals surface area (Å²) in [7, 11) is 0. The quantitative estimate of drug-likeness (QED) is 0.0261. The highest BCUT2D eigenvalue weighted by Crippen LogP contribution is 2.15. The van der Waals surface area contributed by atoms with Crippen LogP contribution in [0.15, 0.2) is 109 Å². The van der Waals surface area contributed by atoms with Gasteiger partial charge in [-0.1, -0.05) is 252 Å². The number of ether oxygens (including phenoxy) is 3. The van der Waals surface area contributed by atoms with Crippen LogP contribution in [0.1, 0.15) is 265 Å². The molecular formula is C65H108O6. The van der Waals surface area contributed by atoms with Crippen LogP contribution in [0.5, 0.6) is 0 Å². The molecule has 0 aromatic heterocycles. The van der Waals surface area contributed by atoms with Crippen LogP contribution in [0.4, 0.5) is 0 Å². The first kappa shape index (κ1) is 67.1. The van der Waals surface area contributed by atoms with Crippen LogP contribution in [0.25, 0.3) is 0 Å². The molecule has 6 heteroatoms. The van der Waals surface area contributed by atoms with Gasteiger partial charge in [-0.25, -0.2) is 0 Å². The Morgan fingerprint density at radius 1 is 0.296 bits per heavy atom. The lowest BCUT2D eigenvalue weighted by Gasteiger charge is -2.18. The van der Waals surface area contributed by atoms with Crippen molar-refractivity contribution in [3.8, 4) is 0 Å². The zero-order valence-corrected chi connectivity index (χ0v) is 46.2. The Kier molecular flexibility index (Phi) is 55.4. The maximum absolute atomic E-state index is 12.8. The van der Waals surface area contributed by atoms with Crippen LogP contribution in [0, 0.1) is 0 Å². The molecule has 0 heterocycles. The van der Waals surface area contributed by atoms with E-state index in [2.05, 4.69) is 130 Å². The number of unbranched alkanes of at least 4 members (excludes halogenated alkanes) is 23. The van der Waals surface area contributed by atoms with Crippen molar-refractivity contribution in [3.05, 3.63) is 109 Å². The molecule has 0 amide bonds. The molecule has 71 heavy (non-hydrogen) atoms. The molecule has 0 aliphatic heterocycles. The Bertz CT molecular complexity index is 1460. The average molecular weight is 986 g/mol. The Labute approximate surface area is 438 Å². The highest BCUT2D eigenvalue weighted by Gasteiger charge is 2.19. The summed E-state index contributed by atoms with van der Waals surface area (Å²) < 4.78 is 16.7. The zero-order valence-electron chi connectivity index (χ0n) is 46.2. The van der Waals surface area contributed by atoms with Crippen molar-refractivity contribution < 1.29 is 28.6 Å². The number of esters is 3. The summed E-state index contributed by atoms with van der Waals surface area (Å²) >= 11 is 0. The highest BCUT2D eigenvalue weighted by molar-refractivity contribution is 5.71. The van der Waals surface area contributed by atoms with E-state index in [1.165, 1.54) is 96.3 Å². The van der Waals surface area contributed by atoms with E-state index in [0.29, 0.717) is 19.3 Å². The van der Waals surface area contributed by atoms with E-state index in [1.54, 1.807) is 0 Å². The first-order valence-corrected chi connectivity index (χ1v) is 29.4. The summed E-state index contributed by atoms with van der Waals surface area (Å²) in [5, 5.41) is 0. The Balaban J connectivity index is 4.10. The van der Waals surface area contributed by atoms with Gasteiger partial charge in [-0.15, -0.1) is 0 Å². The number of hydrogen-bond acceptors (Lipinski definition) is 6. The van der Waals surface area contributed by atoms with Gasteiger partial charge < -0.3 is 14.2 Å². The Hall–Kier alpha value is -3.93. The van der Waals surface area contributed by atoms with Crippen molar-refractivity contribution in [3.63, 3.8) is 0 Å². The van der Waals surface area contributed by atoms with E-state index in [9.17, 15) is 14.4 Å². The molecule has 0 N–H and O–H groups in total. The summed E-state index contributed by atoms with van der Waals surface area (Å²) in [6, 6.07) is 0. The summed E-state index contributed by atoms with van der Waals surface area (Å²) in [5.41, 5.74) is 0. The average Bonchev–Trinajstić information content (AvgIpc) is 3.37. The molecule has 0 fully saturated rings. The predicted molar refractivity (Wildman–Crippen MR) is 307 cm³/mol. The molecule has 0 saturated heterocycles. The zero-order chi connectivity index (χ0) is 51.4. The molecule has 0 aliphatic carbocycles. The first-order valence-electron chi connectivity index (χ1n) is 29.4. The third-order valence-electron chi connectivity index (χ3n) is 12.3. The smallest absolute Gasteiger partial charge is 0.306 e. The van der Waals surface area contributed by atoms with E-state index in [4.69, 9.17) is 14.2 Å². The molecule has 0 aliphatic rings. The summed E-state index contributed by atoms with van der Waals surface area (Å²) in [6.07, 6.45) is 79.8. The molecule has 0 rings (SSSR count). The molecule has 0 spiro atoms. The molecule has 6 nitrogen and oxygen atoms in total. The SMILES string of the molecule is CC/C=C\C/C=C\C/C=C\C/C=C\C/C=C\CCCCCCCCCCCCCC(=O)OCC(COC(=O)CCCCCCC)OC(=O)CCCCCCCCCC/C=C\C/C=C\C/C=C\C/C=C\CC. The fourth-order valence-corrected chi connectivity index (χ4v) is 7.93. The second-order valence-electron chi connectivity index (χ2n) is 19.1. The van der Waals surface area contributed by atoms with Crippen molar-refractivity contribution in [1.29, 1.82) is 0 Å². The van der Waals surface area contributed by atoms with Crippen molar-refractivity contribution in [2.24, 2.45) is 0 Å². The van der Waals surface area contributed by atoms with Crippen molar-refractivity contribution >= 4 is 17.9 Å². The number of carbonyl (C=O) groups is 3. The molecule has 0 aromatic rings. The number of carbonyl (C=O) groups excluding carboxylic acids is 3. The fourth-order valence-electron chi connectivity index (χ4n) is 7.93. The second kappa shape index (κ2) is 58.6. The van der Waals surface area contributed by atoms with Crippen LogP contribution in [-0.4, -0.2) is 37.2 Å². The van der Waals surface area contributed by atoms with Crippen LogP contribution < -0.4 is 0 Å². The number of hydrogen-bond donors (Lipinski definition) is 0. The lowest BCUT2D eigenvalue weighted by atomic mass is 10.0. The first-order chi connectivity index (χ1) is 35.0. The van der Waals surface area contributed by atoms with Gasteiger partial charge in [-0.3, -0.25) is 14.4 Å². The van der Waals surface area contributed by atoms with Crippen molar-refractivity contribution in [2.75, 3.05) is 13.2 Å². The molecule has 0 aromatic carbocycles. The minimum atomic E-state index is -0.781. The van der Waals surface area contributed by atoms with Gasteiger partial charge >= 0.3 is 17.9 Å². The monoisotopic (exact) mass is 985 g/mol. The van der Waals surface area contributed by atoms with Crippen molar-refractivity contribution in [2.45, 2.75) is 271 Å². The molecule has 0 radical (unpaired) electrons. The lowest BCUT2D eigenvalue weighted by molar-refractivity contribution is -0.167. The third kappa shape index (κ3) is 56.9. The van der Waals surface area contributed by atoms with Crippen LogP contribution in [0.2, 0.25) is 0 Å². The molecule has 0 bridgehead atoms. The molecular weight excluding hydrogens is 877 g/mol. The van der Waals surface area contributed by atoms with E-state index in [1.807, 2.05) is 0 Å². The largest absolute Gasteiger partial charge is 0.462 e. The number of rotatable bonds is 52. The van der Waals surface area contributed by atoms with Gasteiger partial charge in [0.1, 0.15) is 13.2 Å². The van der Waals surface area contributed by atoms with Crippen LogP contribution >= 0.6 is 0 Å². The summed E-state index contributed by atoms with van der Waals surface area (Å²) in [5.74, 6) is -0.907. The van der Waals surface area contributed by atoms with Crippen LogP contribution in [-0.2, 0) is 28.6 Å². The van der Waals surface area contributed by atoms with Gasteiger partial charge in [-0.05, 0) is 103 Å². The molecule has 1 atom stereocenters. The maximum Gasteiger partial charge on any atom is 0.306 e. The minimum absolute atomic E-state index is 0.0831. The standard InChI is InChI=1S/C65H108O6/c1-4-7-10-13-15-17-19-21-23-25-27-29-30-31-32-33-34-36-37-39-41-43-45-47-49-52-55-58-64(67)70-61-62(60-69-63(66)57-54-51-12-9-6-3)71-65(68)59-56-53-50-48-46-44-42-40-38-35-28-26-24-22-20-18-16-14-11-8-5-2/h7-8,10-11,15-18,21-24,27-29,31-32,35,62H,4-6,9,12-14,19-20,25-26,30,33-34,36-61H2,1-3H3/b10-7-,11-8-,17-15-,18-16-,23-21-,24-22-,29-27-,32-31-,35-28-. The highest BCUT2D eigenvalue weighted by atomic mass is 16.6. The lowest BCUT2D eigenvalue weighted by Crippen LogP contribution is -2.30. The van der Waals surface area contributed by atoms with E-state index in [0.717, 1.165) is 128 Å². The Morgan fingerprint density at radius 3 is 0.859 bits per heavy atom. The predicted octanol–water partition coefficient (Wildman–Crippen LogP) is 19.9. The van der Waals surface area contributed by atoms with Gasteiger partial charge in [0.25, 0.3) is 0 Å². The van der Waals surface area contributed by atoms with Gasteiger partial charge in [0, 0.05) is 19.3 Å². The van der Waals surface area contributed by atoms with Gasteiger partial charge in [0.2, 0.25) is 0 Å². The Morgan fingerprint density at radius 2 is 0.549 bits per heavy atom.